The first-order chi connectivity index (χ1) is 10.5. The first kappa shape index (κ1) is 17.2. The van der Waals surface area contributed by atoms with Crippen molar-refractivity contribution in [1.29, 1.82) is 0 Å². The van der Waals surface area contributed by atoms with Gasteiger partial charge in [0.1, 0.15) is 11.5 Å². The molecule has 1 aliphatic rings. The Labute approximate surface area is 128 Å². The van der Waals surface area contributed by atoms with E-state index in [0.29, 0.717) is 0 Å². The van der Waals surface area contributed by atoms with Crippen molar-refractivity contribution in [2.45, 2.75) is 24.8 Å². The van der Waals surface area contributed by atoms with Gasteiger partial charge in [0.05, 0.1) is 13.2 Å². The third-order valence-electron chi connectivity index (χ3n) is 3.33. The second-order valence-corrected chi connectivity index (χ2v) is 5.07. The number of carboxylic acids is 1. The molecule has 2 rings (SSSR count). The van der Waals surface area contributed by atoms with Crippen LogP contribution in [0.1, 0.15) is 12.6 Å². The molecule has 2 N–H and O–H groups in total. The lowest BCUT2D eigenvalue weighted by atomic mass is 9.97. The van der Waals surface area contributed by atoms with E-state index in [1.807, 2.05) is 0 Å². The van der Waals surface area contributed by atoms with Crippen LogP contribution in [0.2, 0.25) is 0 Å². The van der Waals surface area contributed by atoms with Crippen molar-refractivity contribution < 1.29 is 37.7 Å². The van der Waals surface area contributed by atoms with E-state index in [9.17, 15) is 27.9 Å². The molecule has 1 saturated heterocycles. The summed E-state index contributed by atoms with van der Waals surface area (Å²) < 4.78 is 43.1. The quantitative estimate of drug-likeness (QED) is 0.843. The van der Waals surface area contributed by atoms with Crippen LogP contribution in [0.4, 0.5) is 19.0 Å². The lowest BCUT2D eigenvalue weighted by molar-refractivity contribution is -0.180. The average Bonchev–Trinajstić information content (AvgIpc) is 2.46. The number of halogens is 3. The number of pyridine rings is 1. The maximum absolute atomic E-state index is 12.7. The number of hydrogen-bond acceptors (Lipinski definition) is 5. The lowest BCUT2D eigenvalue weighted by Crippen LogP contribution is -2.60. The van der Waals surface area contributed by atoms with E-state index in [-0.39, 0.29) is 19.0 Å². The van der Waals surface area contributed by atoms with Crippen LogP contribution in [0, 0.1) is 0 Å². The van der Waals surface area contributed by atoms with E-state index >= 15 is 0 Å². The number of carbonyl (C=O) groups excluding carboxylic acids is 1. The molecule has 1 amide bonds. The number of aliphatic carboxylic acids is 1. The molecule has 0 aliphatic carbocycles. The first-order valence-corrected chi connectivity index (χ1v) is 6.48. The number of anilines is 1. The van der Waals surface area contributed by atoms with Gasteiger partial charge in [0.2, 0.25) is 0 Å². The zero-order chi connectivity index (χ0) is 17.4. The highest BCUT2D eigenvalue weighted by molar-refractivity contribution is 6.00. The van der Waals surface area contributed by atoms with Gasteiger partial charge in [-0.05, 0) is 19.1 Å². The van der Waals surface area contributed by atoms with Crippen molar-refractivity contribution in [3.05, 3.63) is 23.9 Å². The summed E-state index contributed by atoms with van der Waals surface area (Å²) in [7, 11) is 0. The Balaban J connectivity index is 2.34. The van der Waals surface area contributed by atoms with Gasteiger partial charge >= 0.3 is 12.1 Å². The number of nitrogens with zero attached hydrogens (tertiary/aromatic N) is 2. The number of ether oxygens (including phenoxy) is 1. The van der Waals surface area contributed by atoms with E-state index in [1.165, 1.54) is 6.07 Å². The van der Waals surface area contributed by atoms with Gasteiger partial charge in [0.15, 0.2) is 11.7 Å². The summed E-state index contributed by atoms with van der Waals surface area (Å²) in [4.78, 5) is 27.6. The van der Waals surface area contributed by atoms with Crippen LogP contribution < -0.4 is 4.90 Å². The summed E-state index contributed by atoms with van der Waals surface area (Å²) in [6, 6.07) is 3.02. The van der Waals surface area contributed by atoms with Crippen LogP contribution in [-0.4, -0.2) is 51.9 Å². The predicted octanol–water partition coefficient (Wildman–Crippen LogP) is 0.668. The van der Waals surface area contributed by atoms with Crippen molar-refractivity contribution in [2.75, 3.05) is 18.1 Å². The second kappa shape index (κ2) is 5.78. The number of amides is 1. The fourth-order valence-corrected chi connectivity index (χ4v) is 2.06. The van der Waals surface area contributed by atoms with Crippen molar-refractivity contribution in [2.24, 2.45) is 0 Å². The van der Waals surface area contributed by atoms with Gasteiger partial charge in [-0.15, -0.1) is 0 Å². The van der Waals surface area contributed by atoms with Crippen LogP contribution >= 0.6 is 0 Å². The fraction of sp³-hybridized carbons (Fsp3) is 0.462. The Hall–Kier alpha value is -2.20. The highest BCUT2D eigenvalue weighted by Gasteiger charge is 2.49. The Bertz CT molecular complexity index is 632. The first-order valence-electron chi connectivity index (χ1n) is 6.48. The molecule has 1 aromatic heterocycles. The minimum atomic E-state index is -4.68. The smallest absolute Gasteiger partial charge is 0.433 e. The summed E-state index contributed by atoms with van der Waals surface area (Å²) in [5.74, 6) is -2.95. The van der Waals surface area contributed by atoms with Gasteiger partial charge in [0.25, 0.3) is 5.91 Å². The molecule has 23 heavy (non-hydrogen) atoms. The molecule has 1 aliphatic heterocycles. The molecular formula is C13H13F3N2O5. The number of hydrogen-bond donors (Lipinski definition) is 2. The predicted molar refractivity (Wildman–Crippen MR) is 69.6 cm³/mol. The fourth-order valence-electron chi connectivity index (χ4n) is 2.06. The third kappa shape index (κ3) is 3.27. The topological polar surface area (TPSA) is 100.0 Å². The molecule has 126 valence electrons. The third-order valence-corrected chi connectivity index (χ3v) is 3.33. The summed E-state index contributed by atoms with van der Waals surface area (Å²) in [6.07, 6.45) is -6.43. The molecule has 0 aromatic carbocycles. The monoisotopic (exact) mass is 334 g/mol. The molecule has 2 heterocycles. The number of alkyl halides is 3. The van der Waals surface area contributed by atoms with Crippen molar-refractivity contribution in [3.8, 4) is 0 Å². The molecule has 0 radical (unpaired) electrons. The van der Waals surface area contributed by atoms with Crippen LogP contribution in [0.3, 0.4) is 0 Å². The maximum atomic E-state index is 12.7. The minimum Gasteiger partial charge on any atom is -0.479 e. The van der Waals surface area contributed by atoms with E-state index in [1.54, 1.807) is 0 Å². The molecule has 1 fully saturated rings. The molecule has 0 spiro atoms. The number of aliphatic hydroxyl groups is 1. The van der Waals surface area contributed by atoms with Crippen molar-refractivity contribution in [1.82, 2.24) is 4.98 Å². The average molecular weight is 334 g/mol. The van der Waals surface area contributed by atoms with E-state index < -0.39 is 35.5 Å². The number of rotatable bonds is 3. The Morgan fingerprint density at radius 1 is 1.43 bits per heavy atom. The Morgan fingerprint density at radius 2 is 2.09 bits per heavy atom. The van der Waals surface area contributed by atoms with Gasteiger partial charge < -0.3 is 14.9 Å². The lowest BCUT2D eigenvalue weighted by Gasteiger charge is -2.36. The molecular weight excluding hydrogens is 321 g/mol. The van der Waals surface area contributed by atoms with Gasteiger partial charge in [-0.25, -0.2) is 9.78 Å². The maximum Gasteiger partial charge on any atom is 0.433 e. The van der Waals surface area contributed by atoms with Crippen molar-refractivity contribution in [3.63, 3.8) is 0 Å². The largest absolute Gasteiger partial charge is 0.479 e. The zero-order valence-corrected chi connectivity index (χ0v) is 11.9. The summed E-state index contributed by atoms with van der Waals surface area (Å²) in [5, 5.41) is 18.8. The molecule has 10 heteroatoms. The normalized spacial score (nSPS) is 21.9. The van der Waals surface area contributed by atoms with E-state index in [0.717, 1.165) is 24.0 Å². The summed E-state index contributed by atoms with van der Waals surface area (Å²) in [5.41, 5.74) is -3.70. The molecule has 0 saturated carbocycles. The highest BCUT2D eigenvalue weighted by Crippen LogP contribution is 2.30. The molecule has 1 aromatic rings. The number of carboxylic acid groups (broad SMARTS) is 1. The number of morpholine rings is 1. The van der Waals surface area contributed by atoms with Crippen LogP contribution in [0.15, 0.2) is 18.2 Å². The van der Waals surface area contributed by atoms with Gasteiger partial charge in [0, 0.05) is 0 Å². The van der Waals surface area contributed by atoms with Gasteiger partial charge in [-0.2, -0.15) is 13.2 Å². The number of carbonyl (C=O) groups is 2. The molecule has 7 nitrogen and oxygen atoms in total. The van der Waals surface area contributed by atoms with Crippen LogP contribution in [0.25, 0.3) is 0 Å². The summed E-state index contributed by atoms with van der Waals surface area (Å²) >= 11 is 0. The van der Waals surface area contributed by atoms with Gasteiger partial charge in [-0.3, -0.25) is 9.69 Å². The highest BCUT2D eigenvalue weighted by atomic mass is 19.4. The molecule has 0 bridgehead atoms. The van der Waals surface area contributed by atoms with E-state index in [2.05, 4.69) is 4.98 Å². The SMILES string of the molecule is C[C@](O)(C(=O)O)[C@H]1OCCN(c2cccc(C(F)(F)F)n2)C1=O. The number of aromatic nitrogens is 1. The molecule has 0 unspecified atom stereocenters. The van der Waals surface area contributed by atoms with Crippen LogP contribution in [-0.2, 0) is 20.5 Å². The van der Waals surface area contributed by atoms with Crippen molar-refractivity contribution >= 4 is 17.7 Å². The molecule has 2 atom stereocenters. The zero-order valence-electron chi connectivity index (χ0n) is 11.9. The minimum absolute atomic E-state index is 0.112. The van der Waals surface area contributed by atoms with Gasteiger partial charge in [-0.1, -0.05) is 6.07 Å². The Morgan fingerprint density at radius 3 is 2.65 bits per heavy atom. The summed E-state index contributed by atoms with van der Waals surface area (Å²) in [6.45, 7) is 0.609. The van der Waals surface area contributed by atoms with Crippen LogP contribution in [0.5, 0.6) is 0 Å². The second-order valence-electron chi connectivity index (χ2n) is 5.07. The van der Waals surface area contributed by atoms with E-state index in [4.69, 9.17) is 9.84 Å². The standard InChI is InChI=1S/C13H13F3N2O5/c1-12(22,11(20)21)9-10(19)18(5-6-23-9)8-4-2-3-7(17-8)13(14,15)16/h2-4,9,22H,5-6H2,1H3,(H,20,21)/t9-,12+/m0/s1. The Kier molecular flexibility index (Phi) is 4.31.